The molecule has 1 aliphatic rings. The molecule has 0 fully saturated rings. The molecule has 3 heteroatoms. The van der Waals surface area contributed by atoms with Gasteiger partial charge in [-0.05, 0) is 12.2 Å². The minimum absolute atomic E-state index is 0.292. The Kier molecular flexibility index (Phi) is 1.80. The smallest absolute Gasteiger partial charge is 0.171 e. The lowest BCUT2D eigenvalue weighted by Gasteiger charge is -1.83. The first kappa shape index (κ1) is 5.75. The van der Waals surface area contributed by atoms with Gasteiger partial charge in [0.25, 0.3) is 0 Å². The number of hydrogen-bond acceptors (Lipinski definition) is 3. The first-order chi connectivity index (χ1) is 4.43. The van der Waals surface area contributed by atoms with Gasteiger partial charge in [-0.3, -0.25) is 4.79 Å². The summed E-state index contributed by atoms with van der Waals surface area (Å²) in [4.78, 5) is 14.5. The lowest BCUT2D eigenvalue weighted by atomic mass is 10.3. The summed E-state index contributed by atoms with van der Waals surface area (Å²) in [6.07, 6.45) is 6.92. The second kappa shape index (κ2) is 2.81. The number of carbonyl (C=O) groups is 1. The second-order valence-electron chi connectivity index (χ2n) is 1.43. The summed E-state index contributed by atoms with van der Waals surface area (Å²) >= 11 is 0. The molecule has 0 aromatic carbocycles. The summed E-state index contributed by atoms with van der Waals surface area (Å²) in [5.41, 5.74) is 0.292. The maximum absolute atomic E-state index is 10.0. The van der Waals surface area contributed by atoms with Crippen LogP contribution in [0.3, 0.4) is 0 Å². The quantitative estimate of drug-likeness (QED) is 0.480. The van der Waals surface area contributed by atoms with Crippen LogP contribution in [0.1, 0.15) is 0 Å². The SMILES string of the molecule is O=CC1=NOC=CC=C1. The normalized spacial score (nSPS) is 15.8. The van der Waals surface area contributed by atoms with E-state index < -0.39 is 0 Å². The van der Waals surface area contributed by atoms with Gasteiger partial charge >= 0.3 is 0 Å². The Morgan fingerprint density at radius 1 is 1.56 bits per heavy atom. The zero-order valence-corrected chi connectivity index (χ0v) is 4.65. The Labute approximate surface area is 52.3 Å². The van der Waals surface area contributed by atoms with E-state index in [0.717, 1.165) is 0 Å². The fourth-order valence-corrected chi connectivity index (χ4v) is 0.417. The number of nitrogens with zero attached hydrogens (tertiary/aromatic N) is 1. The largest absolute Gasteiger partial charge is 0.364 e. The number of carbonyl (C=O) groups excluding carboxylic acids is 1. The zero-order chi connectivity index (χ0) is 6.53. The molecular weight excluding hydrogens is 118 g/mol. The number of allylic oxidation sites excluding steroid dienone is 3. The van der Waals surface area contributed by atoms with Crippen LogP contribution in [0, 0.1) is 0 Å². The monoisotopic (exact) mass is 123 g/mol. The number of oxime groups is 1. The molecule has 0 aromatic heterocycles. The zero-order valence-electron chi connectivity index (χ0n) is 4.65. The molecule has 0 atom stereocenters. The van der Waals surface area contributed by atoms with Crippen LogP contribution >= 0.6 is 0 Å². The summed E-state index contributed by atoms with van der Waals surface area (Å²) in [6.45, 7) is 0. The van der Waals surface area contributed by atoms with E-state index in [1.807, 2.05) is 0 Å². The molecule has 1 rings (SSSR count). The van der Waals surface area contributed by atoms with Crippen molar-refractivity contribution in [2.75, 3.05) is 0 Å². The van der Waals surface area contributed by atoms with Crippen molar-refractivity contribution < 1.29 is 9.63 Å². The molecule has 0 N–H and O–H groups in total. The third-order valence-corrected chi connectivity index (χ3v) is 0.796. The molecular formula is C6H5NO2. The third-order valence-electron chi connectivity index (χ3n) is 0.796. The van der Waals surface area contributed by atoms with Crippen molar-refractivity contribution in [3.05, 3.63) is 24.5 Å². The summed E-state index contributed by atoms with van der Waals surface area (Å²) in [6, 6.07) is 0. The molecule has 9 heavy (non-hydrogen) atoms. The lowest BCUT2D eigenvalue weighted by Crippen LogP contribution is -1.92. The molecule has 3 nitrogen and oxygen atoms in total. The molecule has 0 bridgehead atoms. The molecule has 0 aliphatic carbocycles. The van der Waals surface area contributed by atoms with Crippen molar-refractivity contribution in [1.82, 2.24) is 0 Å². The fraction of sp³-hybridized carbons (Fsp3) is 0. The first-order valence-electron chi connectivity index (χ1n) is 2.45. The molecule has 0 aromatic rings. The van der Waals surface area contributed by atoms with E-state index in [1.54, 1.807) is 18.2 Å². The Morgan fingerprint density at radius 2 is 2.44 bits per heavy atom. The molecule has 0 amide bonds. The van der Waals surface area contributed by atoms with Crippen molar-refractivity contribution in [2.24, 2.45) is 5.16 Å². The topological polar surface area (TPSA) is 38.7 Å². The average molecular weight is 123 g/mol. The minimum Gasteiger partial charge on any atom is -0.364 e. The molecule has 1 heterocycles. The predicted molar refractivity (Wildman–Crippen MR) is 32.9 cm³/mol. The number of rotatable bonds is 1. The van der Waals surface area contributed by atoms with Gasteiger partial charge in [0.1, 0.15) is 12.0 Å². The van der Waals surface area contributed by atoms with Crippen molar-refractivity contribution >= 4 is 12.0 Å². The van der Waals surface area contributed by atoms with Gasteiger partial charge in [0.05, 0.1) is 0 Å². The molecule has 1 aliphatic heterocycles. The highest BCUT2D eigenvalue weighted by Crippen LogP contribution is 1.89. The molecule has 0 spiro atoms. The van der Waals surface area contributed by atoms with E-state index in [0.29, 0.717) is 12.0 Å². The summed E-state index contributed by atoms with van der Waals surface area (Å²) in [5, 5.41) is 3.42. The highest BCUT2D eigenvalue weighted by atomic mass is 16.6. The second-order valence-corrected chi connectivity index (χ2v) is 1.43. The fourth-order valence-electron chi connectivity index (χ4n) is 0.417. The van der Waals surface area contributed by atoms with Gasteiger partial charge in [-0.25, -0.2) is 0 Å². The van der Waals surface area contributed by atoms with E-state index >= 15 is 0 Å². The Morgan fingerprint density at radius 3 is 3.22 bits per heavy atom. The molecule has 46 valence electrons. The van der Waals surface area contributed by atoms with Gasteiger partial charge in [0.2, 0.25) is 0 Å². The van der Waals surface area contributed by atoms with E-state index in [9.17, 15) is 4.79 Å². The van der Waals surface area contributed by atoms with Gasteiger partial charge in [0, 0.05) is 0 Å². The van der Waals surface area contributed by atoms with Gasteiger partial charge in [0.15, 0.2) is 6.29 Å². The van der Waals surface area contributed by atoms with Crippen LogP contribution in [0.15, 0.2) is 29.6 Å². The van der Waals surface area contributed by atoms with E-state index in [1.165, 1.54) is 6.26 Å². The maximum Gasteiger partial charge on any atom is 0.171 e. The Bertz CT molecular complexity index is 191. The van der Waals surface area contributed by atoms with Crippen molar-refractivity contribution in [1.29, 1.82) is 0 Å². The summed E-state index contributed by atoms with van der Waals surface area (Å²) in [5.74, 6) is 0. The van der Waals surface area contributed by atoms with Crippen LogP contribution in [-0.4, -0.2) is 12.0 Å². The molecule has 0 saturated heterocycles. The van der Waals surface area contributed by atoms with E-state index in [2.05, 4.69) is 9.99 Å². The lowest BCUT2D eigenvalue weighted by molar-refractivity contribution is -0.102. The maximum atomic E-state index is 10.0. The van der Waals surface area contributed by atoms with Crippen LogP contribution in [-0.2, 0) is 9.63 Å². The van der Waals surface area contributed by atoms with Gasteiger partial charge in [-0.15, -0.1) is 0 Å². The van der Waals surface area contributed by atoms with E-state index in [-0.39, 0.29) is 0 Å². The van der Waals surface area contributed by atoms with Crippen LogP contribution in [0.4, 0.5) is 0 Å². The van der Waals surface area contributed by atoms with E-state index in [4.69, 9.17) is 0 Å². The van der Waals surface area contributed by atoms with Gasteiger partial charge < -0.3 is 4.84 Å². The Balaban J connectivity index is 2.74. The number of hydrogen-bond donors (Lipinski definition) is 0. The van der Waals surface area contributed by atoms with Crippen molar-refractivity contribution in [3.8, 4) is 0 Å². The summed E-state index contributed by atoms with van der Waals surface area (Å²) in [7, 11) is 0. The van der Waals surface area contributed by atoms with Crippen molar-refractivity contribution in [3.63, 3.8) is 0 Å². The van der Waals surface area contributed by atoms with Crippen LogP contribution in [0.25, 0.3) is 0 Å². The summed E-state index contributed by atoms with van der Waals surface area (Å²) < 4.78 is 0. The van der Waals surface area contributed by atoms with Gasteiger partial charge in [-0.1, -0.05) is 11.2 Å². The van der Waals surface area contributed by atoms with Crippen LogP contribution in [0.2, 0.25) is 0 Å². The van der Waals surface area contributed by atoms with Crippen LogP contribution in [0.5, 0.6) is 0 Å². The predicted octanol–water partition coefficient (Wildman–Crippen LogP) is 0.641. The molecule has 0 unspecified atom stereocenters. The standard InChI is InChI=1S/C6H5NO2/c8-5-6-3-1-2-4-9-7-6/h1-5H. The number of aldehydes is 1. The first-order valence-corrected chi connectivity index (χ1v) is 2.45. The third kappa shape index (κ3) is 1.53. The highest BCUT2D eigenvalue weighted by Gasteiger charge is 1.90. The minimum atomic E-state index is 0.292. The molecule has 0 saturated carbocycles. The van der Waals surface area contributed by atoms with Gasteiger partial charge in [-0.2, -0.15) is 0 Å². The van der Waals surface area contributed by atoms with Crippen molar-refractivity contribution in [2.45, 2.75) is 0 Å². The average Bonchev–Trinajstić information content (AvgIpc) is 2.13. The molecule has 0 radical (unpaired) electrons. The Hall–Kier alpha value is -1.38. The van der Waals surface area contributed by atoms with Crippen LogP contribution < -0.4 is 0 Å². The highest BCUT2D eigenvalue weighted by molar-refractivity contribution is 6.33.